The molecule has 11 rings (SSSR count). The predicted molar refractivity (Wildman–Crippen MR) is 297 cm³/mol. The molecule has 0 amide bonds. The van der Waals surface area contributed by atoms with Gasteiger partial charge in [-0.2, -0.15) is 9.97 Å². The van der Waals surface area contributed by atoms with Gasteiger partial charge in [0, 0.05) is 59.0 Å². The molecule has 1 radical (unpaired) electrons. The van der Waals surface area contributed by atoms with Gasteiger partial charge in [0.15, 0.2) is 17.4 Å². The van der Waals surface area contributed by atoms with Crippen LogP contribution in [0.2, 0.25) is 0 Å². The number of aliphatic hydroxyl groups is 1. The number of aryl methyl sites for hydroxylation is 2. The molecule has 0 fully saturated rings. The Morgan fingerprint density at radius 3 is 1.73 bits per heavy atom. The number of carbonyl (C=O) groups excluding carboxylic acids is 1. The normalized spacial score (nSPS) is 11.1. The molecule has 73 heavy (non-hydrogen) atoms. The molecular formula is C65H56IrN5O2-. The smallest absolute Gasteiger partial charge is 0.238 e. The van der Waals surface area contributed by atoms with Gasteiger partial charge in [0.25, 0.3) is 0 Å². The molecule has 363 valence electrons. The molecule has 0 spiro atoms. The molecule has 0 atom stereocenters. The number of hydrogen-bond acceptors (Lipinski definition) is 6. The number of allylic oxidation sites excluding steroid dienone is 2. The van der Waals surface area contributed by atoms with Gasteiger partial charge >= 0.3 is 0 Å². The second-order valence-electron chi connectivity index (χ2n) is 18.4. The molecule has 7 nitrogen and oxygen atoms in total. The first-order chi connectivity index (χ1) is 35.0. The standard InChI is InChI=1S/C39H26N4.C21H22N.C5H8O2.Ir/c1-4-13-27(14-5-1)28-23-25-29(26-24-28)32-20-12-21-34-33-19-10-11-22-35(33)43(36(32)34)39-41-37(30-15-6-2-7-16-30)40-38(42-39)31-17-8-3-9-18-31;1-14(2)10-17-6-5-7-21-19(17)8-9-20(22-21)18-12-15(3)11-16(4)13-18;1-4(6)3-5(2)7;/h1-26H;5-9,11-12,14H,10H2,1-4H3;3,6H,1-2H3;/q;-1;;. The van der Waals surface area contributed by atoms with Crippen molar-refractivity contribution >= 4 is 38.5 Å². The van der Waals surface area contributed by atoms with E-state index in [-0.39, 0.29) is 31.6 Å². The Balaban J connectivity index is 0.000000198. The molecule has 8 heteroatoms. The van der Waals surface area contributed by atoms with Gasteiger partial charge in [-0.15, -0.1) is 34.9 Å². The summed E-state index contributed by atoms with van der Waals surface area (Å²) in [4.78, 5) is 30.0. The van der Waals surface area contributed by atoms with Gasteiger partial charge in [-0.3, -0.25) is 14.3 Å². The van der Waals surface area contributed by atoms with Crippen molar-refractivity contribution in [2.75, 3.05) is 0 Å². The van der Waals surface area contributed by atoms with E-state index >= 15 is 0 Å². The quantitative estimate of drug-likeness (QED) is 0.0879. The maximum absolute atomic E-state index is 10.0. The van der Waals surface area contributed by atoms with E-state index in [1.54, 1.807) is 0 Å². The molecular weight excluding hydrogens is 1070 g/mol. The number of carbonyl (C=O) groups is 1. The van der Waals surface area contributed by atoms with Gasteiger partial charge in [0.2, 0.25) is 5.95 Å². The molecule has 3 aromatic heterocycles. The van der Waals surface area contributed by atoms with Gasteiger partial charge in [0.1, 0.15) is 0 Å². The van der Waals surface area contributed by atoms with E-state index in [0.29, 0.717) is 23.5 Å². The predicted octanol–water partition coefficient (Wildman–Crippen LogP) is 16.2. The summed E-state index contributed by atoms with van der Waals surface area (Å²) >= 11 is 0. The molecule has 0 aliphatic heterocycles. The third-order valence-corrected chi connectivity index (χ3v) is 12.2. The van der Waals surface area contributed by atoms with Crippen molar-refractivity contribution < 1.29 is 30.0 Å². The molecule has 0 aliphatic rings. The van der Waals surface area contributed by atoms with Crippen LogP contribution < -0.4 is 0 Å². The van der Waals surface area contributed by atoms with Crippen molar-refractivity contribution in [3.05, 3.63) is 235 Å². The summed E-state index contributed by atoms with van der Waals surface area (Å²) in [5.41, 5.74) is 15.6. The number of aromatic nitrogens is 5. The summed E-state index contributed by atoms with van der Waals surface area (Å²) in [7, 11) is 0. The average molecular weight is 1130 g/mol. The molecule has 0 bridgehead atoms. The number of benzene rings is 8. The summed E-state index contributed by atoms with van der Waals surface area (Å²) < 4.78 is 2.20. The zero-order valence-electron chi connectivity index (χ0n) is 41.8. The number of hydrogen-bond donors (Lipinski definition) is 1. The number of nitrogens with zero attached hydrogens (tertiary/aromatic N) is 5. The van der Waals surface area contributed by atoms with Crippen LogP contribution in [0.5, 0.6) is 0 Å². The van der Waals surface area contributed by atoms with E-state index in [1.807, 2.05) is 66.7 Å². The van der Waals surface area contributed by atoms with Crippen LogP contribution in [0, 0.1) is 25.8 Å². The van der Waals surface area contributed by atoms with E-state index in [9.17, 15) is 4.79 Å². The summed E-state index contributed by atoms with van der Waals surface area (Å²) in [5, 5.41) is 11.9. The molecule has 0 saturated carbocycles. The van der Waals surface area contributed by atoms with Crippen LogP contribution in [-0.2, 0) is 31.3 Å². The Kier molecular flexibility index (Phi) is 16.4. The van der Waals surface area contributed by atoms with E-state index in [2.05, 4.69) is 172 Å². The average Bonchev–Trinajstić information content (AvgIpc) is 3.74. The number of rotatable bonds is 9. The Labute approximate surface area is 441 Å². The second kappa shape index (κ2) is 23.4. The third kappa shape index (κ3) is 12.1. The van der Waals surface area contributed by atoms with Crippen LogP contribution in [0.4, 0.5) is 0 Å². The number of aliphatic hydroxyl groups excluding tert-OH is 1. The number of pyridine rings is 1. The molecule has 8 aromatic carbocycles. The first-order valence-corrected chi connectivity index (χ1v) is 24.3. The fraction of sp³-hybridized carbons (Fsp3) is 0.123. The van der Waals surface area contributed by atoms with E-state index in [1.165, 1.54) is 47.6 Å². The van der Waals surface area contributed by atoms with Crippen LogP contribution >= 0.6 is 0 Å². The van der Waals surface area contributed by atoms with Gasteiger partial charge in [-0.05, 0) is 66.3 Å². The first kappa shape index (κ1) is 51.2. The van der Waals surface area contributed by atoms with Crippen LogP contribution in [0.15, 0.2) is 212 Å². The van der Waals surface area contributed by atoms with Crippen molar-refractivity contribution in [1.82, 2.24) is 24.5 Å². The van der Waals surface area contributed by atoms with Crippen LogP contribution in [-0.4, -0.2) is 35.4 Å². The minimum Gasteiger partial charge on any atom is -0.512 e. The fourth-order valence-electron chi connectivity index (χ4n) is 9.14. The summed E-state index contributed by atoms with van der Waals surface area (Å²) in [6.45, 7) is 11.6. The van der Waals surface area contributed by atoms with E-state index < -0.39 is 0 Å². The molecule has 0 saturated heterocycles. The van der Waals surface area contributed by atoms with Crippen molar-refractivity contribution in [2.24, 2.45) is 5.92 Å². The SMILES string of the molecule is CC(=O)C=C(C)O.Cc1[c-]c(-c2ccc3c(CC(C)C)cccc3n2)cc(C)c1.[Ir].c1ccc(-c2ccc(-c3cccc4c5ccccc5n(-c5nc(-c6ccccc6)nc(-c6ccccc6)n5)c34)cc2)cc1. The maximum Gasteiger partial charge on any atom is 0.238 e. The fourth-order valence-corrected chi connectivity index (χ4v) is 9.14. The van der Waals surface area contributed by atoms with Crippen molar-refractivity contribution in [3.63, 3.8) is 0 Å². The minimum absolute atomic E-state index is 0. The minimum atomic E-state index is -0.125. The van der Waals surface area contributed by atoms with Gasteiger partial charge in [-0.25, -0.2) is 4.98 Å². The zero-order valence-corrected chi connectivity index (χ0v) is 44.2. The van der Waals surface area contributed by atoms with Crippen molar-refractivity contribution in [1.29, 1.82) is 0 Å². The number of fused-ring (bicyclic) bond motifs is 4. The van der Waals surface area contributed by atoms with Crippen LogP contribution in [0.25, 0.3) is 94.9 Å². The van der Waals surface area contributed by atoms with Crippen molar-refractivity contribution in [3.8, 4) is 62.2 Å². The summed E-state index contributed by atoms with van der Waals surface area (Å²) in [6.07, 6.45) is 2.26. The first-order valence-electron chi connectivity index (χ1n) is 24.3. The van der Waals surface area contributed by atoms with Crippen LogP contribution in [0.3, 0.4) is 0 Å². The molecule has 3 heterocycles. The van der Waals surface area contributed by atoms with Gasteiger partial charge in [0.05, 0.1) is 22.3 Å². The van der Waals surface area contributed by atoms with Gasteiger partial charge < -0.3 is 5.11 Å². The van der Waals surface area contributed by atoms with E-state index in [4.69, 9.17) is 25.0 Å². The maximum atomic E-state index is 10.0. The monoisotopic (exact) mass is 1130 g/mol. The van der Waals surface area contributed by atoms with Crippen LogP contribution in [0.1, 0.15) is 44.4 Å². The Bertz CT molecular complexity index is 3620. The number of ketones is 1. The Morgan fingerprint density at radius 2 is 1.14 bits per heavy atom. The largest absolute Gasteiger partial charge is 0.512 e. The molecule has 0 aliphatic carbocycles. The Hall–Kier alpha value is -8.16. The Morgan fingerprint density at radius 1 is 0.575 bits per heavy atom. The number of para-hydroxylation sites is 2. The molecule has 0 unspecified atom stereocenters. The third-order valence-electron chi connectivity index (χ3n) is 12.2. The second-order valence-corrected chi connectivity index (χ2v) is 18.4. The summed E-state index contributed by atoms with van der Waals surface area (Å²) in [6, 6.07) is 73.0. The zero-order chi connectivity index (χ0) is 50.1. The summed E-state index contributed by atoms with van der Waals surface area (Å²) in [5.74, 6) is 2.46. The van der Waals surface area contributed by atoms with Gasteiger partial charge in [-0.1, -0.05) is 204 Å². The molecule has 1 N–H and O–H groups in total. The van der Waals surface area contributed by atoms with E-state index in [0.717, 1.165) is 72.8 Å². The molecule has 11 aromatic rings. The van der Waals surface area contributed by atoms with Crippen molar-refractivity contribution in [2.45, 2.75) is 48.0 Å². The topological polar surface area (TPSA) is 93.8 Å².